The number of nitrogens with one attached hydrogen (secondary N) is 1. The van der Waals surface area contributed by atoms with Crippen LogP contribution < -0.4 is 9.64 Å². The standard InChI is InChI=1S/C22H23NO3/c24-19-11-10-17-21(25)20(14-16-8-4-3-5-9-16)26-22(17)18(19)15-23-12-6-1-2-7-13-23/h3-5,8-11,14,24H,1-2,6-7,12-13,15H2/p+1/b20-14-. The monoisotopic (exact) mass is 350 g/mol. The Morgan fingerprint density at radius 2 is 1.73 bits per heavy atom. The lowest BCUT2D eigenvalue weighted by molar-refractivity contribution is -0.913. The number of carbonyl (C=O) groups is 1. The molecule has 0 bridgehead atoms. The van der Waals surface area contributed by atoms with E-state index in [-0.39, 0.29) is 11.5 Å². The fraction of sp³-hybridized carbons (Fsp3) is 0.318. The van der Waals surface area contributed by atoms with Gasteiger partial charge in [0.2, 0.25) is 5.78 Å². The number of Topliss-reactive ketones (excluding diaryl/α,β-unsaturated/α-hetero) is 1. The molecule has 4 nitrogen and oxygen atoms in total. The molecule has 2 aromatic rings. The molecule has 0 spiro atoms. The molecule has 1 fully saturated rings. The fourth-order valence-electron chi connectivity index (χ4n) is 3.82. The molecule has 0 amide bonds. The van der Waals surface area contributed by atoms with Crippen molar-refractivity contribution in [2.45, 2.75) is 32.2 Å². The fourth-order valence-corrected chi connectivity index (χ4v) is 3.82. The van der Waals surface area contributed by atoms with Crippen molar-refractivity contribution < 1.29 is 19.5 Å². The van der Waals surface area contributed by atoms with Crippen LogP contribution in [0.5, 0.6) is 11.5 Å². The molecule has 4 heteroatoms. The summed E-state index contributed by atoms with van der Waals surface area (Å²) in [6.45, 7) is 2.90. The minimum absolute atomic E-state index is 0.115. The highest BCUT2D eigenvalue weighted by Crippen LogP contribution is 2.39. The number of benzene rings is 2. The third-order valence-electron chi connectivity index (χ3n) is 5.25. The number of allylic oxidation sites excluding steroid dienone is 1. The van der Waals surface area contributed by atoms with Gasteiger partial charge in [-0.15, -0.1) is 0 Å². The molecule has 2 N–H and O–H groups in total. The van der Waals surface area contributed by atoms with Crippen molar-refractivity contribution >= 4 is 11.9 Å². The molecule has 0 aliphatic carbocycles. The maximum Gasteiger partial charge on any atom is 0.231 e. The molecular formula is C22H24NO3+. The first kappa shape index (κ1) is 16.9. The summed E-state index contributed by atoms with van der Waals surface area (Å²) in [5.74, 6) is 0.961. The molecule has 134 valence electrons. The number of ether oxygens (including phenoxy) is 1. The molecule has 0 radical (unpaired) electrons. The minimum atomic E-state index is -0.115. The Labute approximate surface area is 153 Å². The lowest BCUT2D eigenvalue weighted by atomic mass is 10.0. The number of hydrogen-bond donors (Lipinski definition) is 2. The van der Waals surface area contributed by atoms with Crippen LogP contribution in [-0.4, -0.2) is 24.0 Å². The SMILES string of the molecule is O=C1/C(=C/c2ccccc2)Oc2c1ccc(O)c2C[NH+]1CCCCCC1. The first-order valence-corrected chi connectivity index (χ1v) is 9.40. The van der Waals surface area contributed by atoms with Gasteiger partial charge in [0.25, 0.3) is 0 Å². The normalized spacial score (nSPS) is 19.2. The summed E-state index contributed by atoms with van der Waals surface area (Å²) < 4.78 is 5.95. The Hall–Kier alpha value is -2.59. The molecule has 0 saturated carbocycles. The summed E-state index contributed by atoms with van der Waals surface area (Å²) in [4.78, 5) is 14.2. The summed E-state index contributed by atoms with van der Waals surface area (Å²) in [5.41, 5.74) is 2.23. The van der Waals surface area contributed by atoms with Crippen molar-refractivity contribution in [3.63, 3.8) is 0 Å². The largest absolute Gasteiger partial charge is 0.507 e. The number of hydrogen-bond acceptors (Lipinski definition) is 3. The van der Waals surface area contributed by atoms with Crippen LogP contribution in [0, 0.1) is 0 Å². The summed E-state index contributed by atoms with van der Waals surface area (Å²) >= 11 is 0. The molecule has 2 aliphatic rings. The van der Waals surface area contributed by atoms with Crippen molar-refractivity contribution in [1.29, 1.82) is 0 Å². The number of carbonyl (C=O) groups excluding carboxylic acids is 1. The number of quaternary nitrogens is 1. The number of aromatic hydroxyl groups is 1. The van der Waals surface area contributed by atoms with Gasteiger partial charge in [0, 0.05) is 0 Å². The van der Waals surface area contributed by atoms with E-state index in [0.29, 0.717) is 23.6 Å². The van der Waals surface area contributed by atoms with Gasteiger partial charge in [-0.1, -0.05) is 30.3 Å². The van der Waals surface area contributed by atoms with Gasteiger partial charge in [0.15, 0.2) is 11.5 Å². The van der Waals surface area contributed by atoms with Gasteiger partial charge in [0.05, 0.1) is 24.2 Å². The first-order valence-electron chi connectivity index (χ1n) is 9.40. The number of phenols is 1. The van der Waals surface area contributed by atoms with Crippen molar-refractivity contribution in [2.24, 2.45) is 0 Å². The highest BCUT2D eigenvalue weighted by atomic mass is 16.5. The quantitative estimate of drug-likeness (QED) is 0.837. The Kier molecular flexibility index (Phi) is 4.76. The van der Waals surface area contributed by atoms with Crippen LogP contribution in [0.15, 0.2) is 48.2 Å². The van der Waals surface area contributed by atoms with Crippen LogP contribution in [0.2, 0.25) is 0 Å². The Morgan fingerprint density at radius 1 is 1.00 bits per heavy atom. The Bertz CT molecular complexity index is 834. The van der Waals surface area contributed by atoms with E-state index in [1.807, 2.05) is 30.3 Å². The molecule has 4 rings (SSSR count). The van der Waals surface area contributed by atoms with E-state index in [1.165, 1.54) is 30.6 Å². The van der Waals surface area contributed by atoms with Crippen molar-refractivity contribution in [1.82, 2.24) is 0 Å². The van der Waals surface area contributed by atoms with Gasteiger partial charge < -0.3 is 14.7 Å². The van der Waals surface area contributed by atoms with E-state index in [2.05, 4.69) is 0 Å². The second kappa shape index (κ2) is 7.34. The minimum Gasteiger partial charge on any atom is -0.507 e. The lowest BCUT2D eigenvalue weighted by Gasteiger charge is -2.18. The number of phenolic OH excluding ortho intramolecular Hbond substituents is 1. The van der Waals surface area contributed by atoms with Crippen LogP contribution in [0.25, 0.3) is 6.08 Å². The van der Waals surface area contributed by atoms with Gasteiger partial charge in [-0.05, 0) is 49.5 Å². The molecular weight excluding hydrogens is 326 g/mol. The van der Waals surface area contributed by atoms with Gasteiger partial charge >= 0.3 is 0 Å². The van der Waals surface area contributed by atoms with E-state index >= 15 is 0 Å². The molecule has 1 saturated heterocycles. The highest BCUT2D eigenvalue weighted by Gasteiger charge is 2.32. The molecule has 2 aliphatic heterocycles. The predicted molar refractivity (Wildman–Crippen MR) is 100 cm³/mol. The van der Waals surface area contributed by atoms with Gasteiger partial charge in [-0.2, -0.15) is 0 Å². The Balaban J connectivity index is 1.64. The third kappa shape index (κ3) is 3.37. The molecule has 0 aromatic heterocycles. The average Bonchev–Trinajstić information content (AvgIpc) is 2.83. The number of ketones is 1. The zero-order valence-electron chi connectivity index (χ0n) is 14.8. The maximum atomic E-state index is 12.7. The topological polar surface area (TPSA) is 51.0 Å². The van der Waals surface area contributed by atoms with E-state index in [9.17, 15) is 9.90 Å². The zero-order chi connectivity index (χ0) is 17.9. The van der Waals surface area contributed by atoms with Crippen LogP contribution in [0.4, 0.5) is 0 Å². The number of rotatable bonds is 3. The summed E-state index contributed by atoms with van der Waals surface area (Å²) in [6.07, 6.45) is 6.75. The van der Waals surface area contributed by atoms with Crippen LogP contribution in [-0.2, 0) is 6.54 Å². The number of likely N-dealkylation sites (tertiary alicyclic amines) is 1. The smallest absolute Gasteiger partial charge is 0.231 e. The predicted octanol–water partition coefficient (Wildman–Crippen LogP) is 2.97. The second-order valence-electron chi connectivity index (χ2n) is 7.13. The Morgan fingerprint density at radius 3 is 2.46 bits per heavy atom. The average molecular weight is 350 g/mol. The molecule has 2 heterocycles. The number of fused-ring (bicyclic) bond motifs is 1. The summed E-state index contributed by atoms with van der Waals surface area (Å²) in [7, 11) is 0. The van der Waals surface area contributed by atoms with Gasteiger partial charge in [-0.25, -0.2) is 0 Å². The summed E-state index contributed by atoms with van der Waals surface area (Å²) in [6, 6.07) is 13.0. The van der Waals surface area contributed by atoms with Gasteiger partial charge in [0.1, 0.15) is 12.3 Å². The van der Waals surface area contributed by atoms with Crippen LogP contribution in [0.1, 0.15) is 47.2 Å². The van der Waals surface area contributed by atoms with E-state index in [0.717, 1.165) is 24.2 Å². The van der Waals surface area contributed by atoms with Crippen LogP contribution in [0.3, 0.4) is 0 Å². The molecule has 0 atom stereocenters. The third-order valence-corrected chi connectivity index (χ3v) is 5.25. The second-order valence-corrected chi connectivity index (χ2v) is 7.13. The van der Waals surface area contributed by atoms with Crippen molar-refractivity contribution in [2.75, 3.05) is 13.1 Å². The van der Waals surface area contributed by atoms with E-state index in [1.54, 1.807) is 18.2 Å². The zero-order valence-corrected chi connectivity index (χ0v) is 14.8. The highest BCUT2D eigenvalue weighted by molar-refractivity contribution is 6.14. The van der Waals surface area contributed by atoms with Crippen LogP contribution >= 0.6 is 0 Å². The lowest BCUT2D eigenvalue weighted by Crippen LogP contribution is -3.10. The molecule has 26 heavy (non-hydrogen) atoms. The first-order chi connectivity index (χ1) is 12.7. The van der Waals surface area contributed by atoms with Gasteiger partial charge in [-0.3, -0.25) is 4.79 Å². The molecule has 0 unspecified atom stereocenters. The molecule has 2 aromatic carbocycles. The summed E-state index contributed by atoms with van der Waals surface area (Å²) in [5, 5.41) is 10.4. The van der Waals surface area contributed by atoms with E-state index < -0.39 is 0 Å². The maximum absolute atomic E-state index is 12.7. The van der Waals surface area contributed by atoms with Crippen molar-refractivity contribution in [3.05, 3.63) is 64.9 Å². The van der Waals surface area contributed by atoms with Crippen molar-refractivity contribution in [3.8, 4) is 11.5 Å². The van der Waals surface area contributed by atoms with E-state index in [4.69, 9.17) is 4.74 Å².